The molecule has 0 saturated heterocycles. The zero-order valence-corrected chi connectivity index (χ0v) is 11.1. The Morgan fingerprint density at radius 3 is 2.58 bits per heavy atom. The number of nitriles is 1. The molecule has 0 unspecified atom stereocenters. The average Bonchev–Trinajstić information content (AvgIpc) is 2.38. The first-order chi connectivity index (χ1) is 9.10. The molecule has 0 fully saturated rings. The van der Waals surface area contributed by atoms with Crippen molar-refractivity contribution in [3.05, 3.63) is 69.5 Å². The molecule has 2 aromatic rings. The van der Waals surface area contributed by atoms with Gasteiger partial charge in [-0.2, -0.15) is 5.26 Å². The third-order valence-corrected chi connectivity index (χ3v) is 3.04. The molecule has 0 saturated carbocycles. The van der Waals surface area contributed by atoms with E-state index in [0.29, 0.717) is 16.1 Å². The van der Waals surface area contributed by atoms with Crippen LogP contribution >= 0.6 is 11.6 Å². The second kappa shape index (κ2) is 5.69. The van der Waals surface area contributed by atoms with E-state index in [1.807, 2.05) is 19.1 Å². The molecular weight excluding hydrogens is 261 g/mol. The van der Waals surface area contributed by atoms with Crippen molar-refractivity contribution in [2.45, 2.75) is 6.92 Å². The van der Waals surface area contributed by atoms with Gasteiger partial charge in [-0.05, 0) is 36.2 Å². The lowest BCUT2D eigenvalue weighted by molar-refractivity contribution is 0.624. The summed E-state index contributed by atoms with van der Waals surface area (Å²) >= 11 is 5.93. The van der Waals surface area contributed by atoms with Gasteiger partial charge in [0.1, 0.15) is 11.9 Å². The van der Waals surface area contributed by atoms with Crippen LogP contribution in [0.25, 0.3) is 12.2 Å². The van der Waals surface area contributed by atoms with Crippen LogP contribution < -0.4 is 0 Å². The molecule has 0 spiro atoms. The zero-order valence-electron chi connectivity index (χ0n) is 10.3. The second-order valence-electron chi connectivity index (χ2n) is 4.21. The highest BCUT2D eigenvalue weighted by Crippen LogP contribution is 2.19. The van der Waals surface area contributed by atoms with Crippen LogP contribution in [0.3, 0.4) is 0 Å². The fraction of sp³-hybridized carbons (Fsp3) is 0.0625. The molecule has 0 aliphatic heterocycles. The lowest BCUT2D eigenvalue weighted by atomic mass is 10.1. The van der Waals surface area contributed by atoms with E-state index in [0.717, 1.165) is 11.1 Å². The molecule has 0 aromatic heterocycles. The molecule has 3 heteroatoms. The van der Waals surface area contributed by atoms with E-state index >= 15 is 0 Å². The van der Waals surface area contributed by atoms with Gasteiger partial charge < -0.3 is 0 Å². The predicted molar refractivity (Wildman–Crippen MR) is 76.2 cm³/mol. The maximum atomic E-state index is 13.6. The van der Waals surface area contributed by atoms with Gasteiger partial charge >= 0.3 is 0 Å². The topological polar surface area (TPSA) is 23.8 Å². The number of aryl methyl sites for hydroxylation is 1. The minimum atomic E-state index is -0.254. The fourth-order valence-electron chi connectivity index (χ4n) is 1.68. The zero-order chi connectivity index (χ0) is 13.8. The standard InChI is InChI=1S/C16H11ClFN/c1-11-2-5-13(16(18)8-11)6-3-12-4-7-14(10-19)15(17)9-12/h2-9H,1H3/b6-3+. The summed E-state index contributed by atoms with van der Waals surface area (Å²) in [6.45, 7) is 1.84. The van der Waals surface area contributed by atoms with E-state index < -0.39 is 0 Å². The summed E-state index contributed by atoms with van der Waals surface area (Å²) in [5, 5.41) is 9.17. The first-order valence-electron chi connectivity index (χ1n) is 5.74. The van der Waals surface area contributed by atoms with Gasteiger partial charge in [-0.25, -0.2) is 4.39 Å². The van der Waals surface area contributed by atoms with Crippen LogP contribution in [0.1, 0.15) is 22.3 Å². The molecule has 0 aliphatic rings. The van der Waals surface area contributed by atoms with Crippen LogP contribution in [0.4, 0.5) is 4.39 Å². The lowest BCUT2D eigenvalue weighted by Crippen LogP contribution is -1.83. The highest BCUT2D eigenvalue weighted by molar-refractivity contribution is 6.31. The summed E-state index contributed by atoms with van der Waals surface area (Å²) < 4.78 is 13.6. The maximum absolute atomic E-state index is 13.6. The highest BCUT2D eigenvalue weighted by atomic mass is 35.5. The summed E-state index contributed by atoms with van der Waals surface area (Å²) in [6, 6.07) is 12.2. The Bertz CT molecular complexity index is 684. The van der Waals surface area contributed by atoms with Crippen LogP contribution in [0.2, 0.25) is 5.02 Å². The summed E-state index contributed by atoms with van der Waals surface area (Å²) in [5.41, 5.74) is 2.66. The minimum absolute atomic E-state index is 0.254. The molecule has 0 radical (unpaired) electrons. The van der Waals surface area contributed by atoms with E-state index in [4.69, 9.17) is 16.9 Å². The number of halogens is 2. The Balaban J connectivity index is 2.28. The SMILES string of the molecule is Cc1ccc(/C=C/c2ccc(C#N)c(Cl)c2)c(F)c1. The molecular formula is C16H11ClFN. The summed E-state index contributed by atoms with van der Waals surface area (Å²) in [4.78, 5) is 0. The number of nitrogens with zero attached hydrogens (tertiary/aromatic N) is 1. The van der Waals surface area contributed by atoms with Crippen LogP contribution in [-0.4, -0.2) is 0 Å². The minimum Gasteiger partial charge on any atom is -0.206 e. The van der Waals surface area contributed by atoms with Crippen molar-refractivity contribution in [1.82, 2.24) is 0 Å². The smallest absolute Gasteiger partial charge is 0.130 e. The van der Waals surface area contributed by atoms with Gasteiger partial charge in [-0.15, -0.1) is 0 Å². The Labute approximate surface area is 116 Å². The summed E-state index contributed by atoms with van der Waals surface area (Å²) in [6.07, 6.45) is 3.45. The normalized spacial score (nSPS) is 10.6. The molecule has 94 valence electrons. The van der Waals surface area contributed by atoms with Gasteiger partial charge in [0, 0.05) is 5.56 Å². The van der Waals surface area contributed by atoms with Crippen LogP contribution in [-0.2, 0) is 0 Å². The second-order valence-corrected chi connectivity index (χ2v) is 4.62. The van der Waals surface area contributed by atoms with Gasteiger partial charge in [0.25, 0.3) is 0 Å². The van der Waals surface area contributed by atoms with E-state index in [2.05, 4.69) is 0 Å². The maximum Gasteiger partial charge on any atom is 0.130 e. The van der Waals surface area contributed by atoms with Gasteiger partial charge in [-0.1, -0.05) is 42.0 Å². The monoisotopic (exact) mass is 271 g/mol. The summed E-state index contributed by atoms with van der Waals surface area (Å²) in [5.74, 6) is -0.254. The lowest BCUT2D eigenvalue weighted by Gasteiger charge is -2.00. The van der Waals surface area contributed by atoms with Gasteiger partial charge in [0.05, 0.1) is 10.6 Å². The Morgan fingerprint density at radius 2 is 1.95 bits per heavy atom. The molecule has 0 N–H and O–H groups in total. The number of benzene rings is 2. The van der Waals surface area contributed by atoms with Crippen LogP contribution in [0.5, 0.6) is 0 Å². The first kappa shape index (κ1) is 13.3. The van der Waals surface area contributed by atoms with Crippen molar-refractivity contribution >= 4 is 23.8 Å². The third kappa shape index (κ3) is 3.21. The molecule has 19 heavy (non-hydrogen) atoms. The van der Waals surface area contributed by atoms with Crippen molar-refractivity contribution in [3.63, 3.8) is 0 Å². The Morgan fingerprint density at radius 1 is 1.16 bits per heavy atom. The third-order valence-electron chi connectivity index (χ3n) is 2.72. The van der Waals surface area contributed by atoms with Crippen molar-refractivity contribution in [1.29, 1.82) is 5.26 Å². The van der Waals surface area contributed by atoms with E-state index in [9.17, 15) is 4.39 Å². The van der Waals surface area contributed by atoms with E-state index in [-0.39, 0.29) is 5.82 Å². The van der Waals surface area contributed by atoms with Crippen molar-refractivity contribution in [3.8, 4) is 6.07 Å². The molecule has 0 heterocycles. The Hall–Kier alpha value is -2.11. The highest BCUT2D eigenvalue weighted by Gasteiger charge is 2.00. The fourth-order valence-corrected chi connectivity index (χ4v) is 1.91. The average molecular weight is 272 g/mol. The van der Waals surface area contributed by atoms with E-state index in [1.165, 1.54) is 6.07 Å². The van der Waals surface area contributed by atoms with Gasteiger partial charge in [0.15, 0.2) is 0 Å². The largest absolute Gasteiger partial charge is 0.206 e. The molecule has 0 amide bonds. The first-order valence-corrected chi connectivity index (χ1v) is 6.12. The van der Waals surface area contributed by atoms with Crippen molar-refractivity contribution in [2.24, 2.45) is 0 Å². The number of hydrogen-bond donors (Lipinski definition) is 0. The van der Waals surface area contributed by atoms with Crippen LogP contribution in [0.15, 0.2) is 36.4 Å². The quantitative estimate of drug-likeness (QED) is 0.718. The molecule has 0 atom stereocenters. The van der Waals surface area contributed by atoms with Gasteiger partial charge in [-0.3, -0.25) is 0 Å². The molecule has 1 nitrogen and oxygen atoms in total. The van der Waals surface area contributed by atoms with Crippen molar-refractivity contribution < 1.29 is 4.39 Å². The van der Waals surface area contributed by atoms with Gasteiger partial charge in [0.2, 0.25) is 0 Å². The molecule has 2 aromatic carbocycles. The number of rotatable bonds is 2. The number of hydrogen-bond acceptors (Lipinski definition) is 1. The van der Waals surface area contributed by atoms with Crippen LogP contribution in [0, 0.1) is 24.1 Å². The van der Waals surface area contributed by atoms with E-state index in [1.54, 1.807) is 36.4 Å². The predicted octanol–water partition coefficient (Wildman–Crippen LogP) is 4.83. The molecule has 0 bridgehead atoms. The molecule has 0 aliphatic carbocycles. The van der Waals surface area contributed by atoms with Crippen molar-refractivity contribution in [2.75, 3.05) is 0 Å². The molecule has 2 rings (SSSR count). The summed E-state index contributed by atoms with van der Waals surface area (Å²) in [7, 11) is 0. The Kier molecular flexibility index (Phi) is 3.99.